The van der Waals surface area contributed by atoms with Crippen LogP contribution < -0.4 is 5.11 Å². The van der Waals surface area contributed by atoms with Crippen LogP contribution in [0.3, 0.4) is 0 Å². The van der Waals surface area contributed by atoms with Gasteiger partial charge in [-0.15, -0.1) is 0 Å². The lowest BCUT2D eigenvalue weighted by atomic mass is 10.1. The molecule has 0 saturated carbocycles. The van der Waals surface area contributed by atoms with E-state index >= 15 is 0 Å². The molecular formula is C50H81NO7. The Kier molecular flexibility index (Phi) is 37.5. The molecule has 0 aliphatic carbocycles. The summed E-state index contributed by atoms with van der Waals surface area (Å²) >= 11 is 0. The molecule has 0 aliphatic rings. The lowest BCUT2D eigenvalue weighted by Gasteiger charge is -2.34. The number of hydrogen-bond acceptors (Lipinski definition) is 7. The van der Waals surface area contributed by atoms with Crippen LogP contribution in [0.4, 0.5) is 0 Å². The molecule has 0 N–H and O–H groups in total. The predicted octanol–water partition coefficient (Wildman–Crippen LogP) is 11.0. The van der Waals surface area contributed by atoms with Gasteiger partial charge in [-0.2, -0.15) is 0 Å². The Bertz CT molecular complexity index is 1260. The quantitative estimate of drug-likeness (QED) is 0.0201. The van der Waals surface area contributed by atoms with Gasteiger partial charge in [0, 0.05) is 19.3 Å². The number of carboxylic acid groups (broad SMARTS) is 1. The first-order valence-electron chi connectivity index (χ1n) is 22.3. The molecule has 2 unspecified atom stereocenters. The van der Waals surface area contributed by atoms with Gasteiger partial charge in [-0.25, -0.2) is 0 Å². The van der Waals surface area contributed by atoms with Gasteiger partial charge in [0.25, 0.3) is 0 Å². The number of aliphatic carboxylic acids is 1. The van der Waals surface area contributed by atoms with E-state index in [1.165, 1.54) is 12.8 Å². The minimum atomic E-state index is -1.14. The summed E-state index contributed by atoms with van der Waals surface area (Å²) in [6, 6.07) is -0.739. The van der Waals surface area contributed by atoms with Gasteiger partial charge in [0.05, 0.1) is 40.3 Å². The highest BCUT2D eigenvalue weighted by atomic mass is 16.6. The number of unbranched alkanes of at least 4 members (excludes halogenated alkanes) is 9. The Morgan fingerprint density at radius 1 is 0.552 bits per heavy atom. The number of nitrogens with zero attached hydrogens (tertiary/aromatic N) is 1. The zero-order valence-electron chi connectivity index (χ0n) is 37.2. The summed E-state index contributed by atoms with van der Waals surface area (Å²) in [4.78, 5) is 36.8. The zero-order valence-corrected chi connectivity index (χ0v) is 37.2. The van der Waals surface area contributed by atoms with Gasteiger partial charge >= 0.3 is 11.9 Å². The SMILES string of the molecule is CC/C=C/C/C=C/C/C=C/C/C=C/C/C=C/C/C=C/CCCCCCC(=O)OCC(COCCC(C(=O)[O-])[N+](C)(C)C)OC(=O)CCCCC/C=C/C=C/CCCC. The van der Waals surface area contributed by atoms with Crippen LogP contribution in [0.2, 0.25) is 0 Å². The van der Waals surface area contributed by atoms with E-state index in [1.807, 2.05) is 0 Å². The number of hydrogen-bond donors (Lipinski definition) is 0. The van der Waals surface area contributed by atoms with Crippen molar-refractivity contribution in [2.45, 2.75) is 161 Å². The summed E-state index contributed by atoms with van der Waals surface area (Å²) in [7, 11) is 5.37. The molecule has 2 atom stereocenters. The monoisotopic (exact) mass is 808 g/mol. The largest absolute Gasteiger partial charge is 0.544 e. The van der Waals surface area contributed by atoms with Gasteiger partial charge in [0.15, 0.2) is 6.10 Å². The number of quaternary nitrogens is 1. The second-order valence-corrected chi connectivity index (χ2v) is 15.6. The van der Waals surface area contributed by atoms with Gasteiger partial charge in [0.2, 0.25) is 0 Å². The Balaban J connectivity index is 4.37. The third-order valence-corrected chi connectivity index (χ3v) is 9.23. The second-order valence-electron chi connectivity index (χ2n) is 15.6. The molecule has 0 saturated heterocycles. The maximum atomic E-state index is 12.7. The highest BCUT2D eigenvalue weighted by molar-refractivity contribution is 5.70. The van der Waals surface area contributed by atoms with E-state index in [4.69, 9.17) is 14.2 Å². The first kappa shape index (κ1) is 54.2. The number of carboxylic acids is 1. The summed E-state index contributed by atoms with van der Waals surface area (Å²) < 4.78 is 17.1. The lowest BCUT2D eigenvalue weighted by molar-refractivity contribution is -0.889. The van der Waals surface area contributed by atoms with Crippen molar-refractivity contribution in [3.63, 3.8) is 0 Å². The Morgan fingerprint density at radius 2 is 1.02 bits per heavy atom. The predicted molar refractivity (Wildman–Crippen MR) is 240 cm³/mol. The van der Waals surface area contributed by atoms with Crippen molar-refractivity contribution in [2.24, 2.45) is 0 Å². The Hall–Kier alpha value is -3.75. The molecule has 8 heteroatoms. The fourth-order valence-corrected chi connectivity index (χ4v) is 5.75. The van der Waals surface area contributed by atoms with Crippen LogP contribution in [-0.4, -0.2) is 75.5 Å². The van der Waals surface area contributed by atoms with E-state index in [0.717, 1.165) is 96.3 Å². The maximum Gasteiger partial charge on any atom is 0.306 e. The molecular weight excluding hydrogens is 727 g/mol. The number of carbonyl (C=O) groups excluding carboxylic acids is 3. The van der Waals surface area contributed by atoms with E-state index in [9.17, 15) is 19.5 Å². The van der Waals surface area contributed by atoms with Gasteiger partial charge in [-0.1, -0.05) is 143 Å². The van der Waals surface area contributed by atoms with Gasteiger partial charge < -0.3 is 28.6 Å². The van der Waals surface area contributed by atoms with Crippen LogP contribution >= 0.6 is 0 Å². The first-order chi connectivity index (χ1) is 28.1. The van der Waals surface area contributed by atoms with Crippen molar-refractivity contribution in [3.8, 4) is 0 Å². The van der Waals surface area contributed by atoms with Crippen LogP contribution in [0.25, 0.3) is 0 Å². The summed E-state index contributed by atoms with van der Waals surface area (Å²) in [5, 5.41) is 11.6. The van der Waals surface area contributed by atoms with Crippen molar-refractivity contribution < 1.29 is 38.2 Å². The van der Waals surface area contributed by atoms with E-state index in [2.05, 4.69) is 111 Å². The molecule has 0 fully saturated rings. The lowest BCUT2D eigenvalue weighted by Crippen LogP contribution is -2.55. The zero-order chi connectivity index (χ0) is 42.8. The summed E-state index contributed by atoms with van der Waals surface area (Å²) in [6.07, 6.45) is 53.0. The minimum absolute atomic E-state index is 0.0150. The number of ether oxygens (including phenoxy) is 3. The first-order valence-corrected chi connectivity index (χ1v) is 22.3. The highest BCUT2D eigenvalue weighted by Crippen LogP contribution is 2.11. The number of rotatable bonds is 38. The van der Waals surface area contributed by atoms with E-state index < -0.39 is 18.1 Å². The van der Waals surface area contributed by atoms with Crippen molar-refractivity contribution in [2.75, 3.05) is 41.0 Å². The molecule has 0 radical (unpaired) electrons. The number of likely N-dealkylation sites (N-methyl/N-ethyl adjacent to an activating group) is 1. The number of allylic oxidation sites excluding steroid dienone is 16. The normalized spacial score (nSPS) is 13.9. The molecule has 0 aliphatic heterocycles. The molecule has 0 rings (SSSR count). The molecule has 0 aromatic rings. The minimum Gasteiger partial charge on any atom is -0.544 e. The summed E-state index contributed by atoms with van der Waals surface area (Å²) in [6.45, 7) is 4.41. The van der Waals surface area contributed by atoms with E-state index in [1.54, 1.807) is 21.1 Å². The molecule has 0 spiro atoms. The number of esters is 2. The fraction of sp³-hybridized carbons (Fsp3) is 0.620. The smallest absolute Gasteiger partial charge is 0.306 e. The van der Waals surface area contributed by atoms with E-state index in [0.29, 0.717) is 12.8 Å². The van der Waals surface area contributed by atoms with Crippen LogP contribution in [-0.2, 0) is 28.6 Å². The second kappa shape index (κ2) is 40.0. The van der Waals surface area contributed by atoms with Crippen LogP contribution in [0.5, 0.6) is 0 Å². The maximum absolute atomic E-state index is 12.7. The topological polar surface area (TPSA) is 102 Å². The highest BCUT2D eigenvalue weighted by Gasteiger charge is 2.25. The van der Waals surface area contributed by atoms with Crippen molar-refractivity contribution in [1.82, 2.24) is 0 Å². The third-order valence-electron chi connectivity index (χ3n) is 9.23. The standard InChI is InChI=1S/C50H81NO7/c1-6-8-10-12-14-16-18-19-20-21-22-23-24-25-26-27-28-29-31-32-34-36-38-40-48(52)57-45-46(44-56-43-42-47(50(54)55)51(3,4)5)58-49(53)41-39-37-35-33-30-17-15-13-11-9-7-2/h8,10,13-17,19-20,22-23,25-26,28-30,46-47H,6-7,9,11-12,18,21,24,27,31-45H2,1-5H3/b10-8+,15-13+,16-14+,20-19+,23-22+,26-25+,29-28+,30-17+. The number of carbonyl (C=O) groups is 3. The van der Waals surface area contributed by atoms with Crippen molar-refractivity contribution >= 4 is 17.9 Å². The van der Waals surface area contributed by atoms with Gasteiger partial charge in [0.1, 0.15) is 12.6 Å². The van der Waals surface area contributed by atoms with Crippen LogP contribution in [0.1, 0.15) is 149 Å². The molecule has 0 aromatic carbocycles. The fourth-order valence-electron chi connectivity index (χ4n) is 5.75. The van der Waals surface area contributed by atoms with Crippen molar-refractivity contribution in [1.29, 1.82) is 0 Å². The van der Waals surface area contributed by atoms with Gasteiger partial charge in [-0.3, -0.25) is 9.59 Å². The van der Waals surface area contributed by atoms with E-state index in [-0.39, 0.29) is 49.1 Å². The molecule has 0 amide bonds. The Morgan fingerprint density at radius 3 is 1.53 bits per heavy atom. The van der Waals surface area contributed by atoms with Crippen molar-refractivity contribution in [3.05, 3.63) is 97.2 Å². The Labute approximate surface area is 354 Å². The van der Waals surface area contributed by atoms with Crippen LogP contribution in [0.15, 0.2) is 97.2 Å². The molecule has 328 valence electrons. The van der Waals surface area contributed by atoms with Crippen LogP contribution in [0, 0.1) is 0 Å². The molecule has 0 aromatic heterocycles. The average Bonchev–Trinajstić information content (AvgIpc) is 3.18. The molecule has 0 bridgehead atoms. The average molecular weight is 808 g/mol. The van der Waals surface area contributed by atoms with Gasteiger partial charge in [-0.05, 0) is 83.5 Å². The molecule has 0 heterocycles. The summed E-state index contributed by atoms with van der Waals surface area (Å²) in [5.41, 5.74) is 0. The molecule has 58 heavy (non-hydrogen) atoms. The third kappa shape index (κ3) is 37.8. The summed E-state index contributed by atoms with van der Waals surface area (Å²) in [5.74, 6) is -1.82. The molecule has 8 nitrogen and oxygen atoms in total.